The second-order valence-electron chi connectivity index (χ2n) is 12.2. The molecule has 286 valence electrons. The fourth-order valence-electron chi connectivity index (χ4n) is 5.16. The molecule has 2 aromatic heterocycles. The Hall–Kier alpha value is -4.02. The van der Waals surface area contributed by atoms with Gasteiger partial charge in [-0.2, -0.15) is 13.2 Å². The zero-order chi connectivity index (χ0) is 39.0. The number of halogens is 3. The number of methoxy groups -OCH3 is 2. The maximum absolute atomic E-state index is 12.8. The lowest BCUT2D eigenvalue weighted by Crippen LogP contribution is -2.42. The third kappa shape index (κ3) is 10.2. The zero-order valence-electron chi connectivity index (χ0n) is 30.4. The number of aromatic nitrogens is 2. The number of carbonyl (C=O) groups excluding carboxylic acids is 1. The number of ether oxygens (including phenoxy) is 4. The molecule has 6 rings (SSSR count). The lowest BCUT2D eigenvalue weighted by atomic mass is 9.96. The van der Waals surface area contributed by atoms with Crippen LogP contribution in [0.3, 0.4) is 0 Å². The highest BCUT2D eigenvalue weighted by Crippen LogP contribution is 2.41. The number of rotatable bonds is 14. The second kappa shape index (κ2) is 18.1. The van der Waals surface area contributed by atoms with Crippen molar-refractivity contribution in [2.75, 3.05) is 26.7 Å². The van der Waals surface area contributed by atoms with Crippen molar-refractivity contribution in [2.24, 2.45) is 0 Å². The number of nitrogens with zero attached hydrogens (tertiary/aromatic N) is 2. The minimum absolute atomic E-state index is 0.0430. The minimum Gasteiger partial charge on any atom is -0.493 e. The van der Waals surface area contributed by atoms with Crippen molar-refractivity contribution in [2.45, 2.75) is 61.1 Å². The summed E-state index contributed by atoms with van der Waals surface area (Å²) in [6.07, 6.45) is 0.159. The molecule has 0 saturated heterocycles. The van der Waals surface area contributed by atoms with Crippen LogP contribution in [-0.4, -0.2) is 59.4 Å². The van der Waals surface area contributed by atoms with E-state index in [-0.39, 0.29) is 12.2 Å². The van der Waals surface area contributed by atoms with Gasteiger partial charge in [-0.1, -0.05) is 46.9 Å². The quantitative estimate of drug-likeness (QED) is 0.107. The van der Waals surface area contributed by atoms with Gasteiger partial charge < -0.3 is 28.8 Å². The largest absolute Gasteiger partial charge is 0.493 e. The van der Waals surface area contributed by atoms with E-state index < -0.39 is 18.2 Å². The van der Waals surface area contributed by atoms with Gasteiger partial charge in [-0.3, -0.25) is 0 Å². The van der Waals surface area contributed by atoms with Crippen LogP contribution in [0.25, 0.3) is 20.4 Å². The molecule has 0 radical (unpaired) electrons. The Morgan fingerprint density at radius 3 is 1.61 bits per heavy atom. The lowest BCUT2D eigenvalue weighted by Gasteiger charge is -2.26. The maximum atomic E-state index is 12.8. The number of aliphatic hydroxyl groups is 1. The van der Waals surface area contributed by atoms with E-state index in [1.807, 2.05) is 61.0 Å². The van der Waals surface area contributed by atoms with Crippen molar-refractivity contribution in [3.8, 4) is 33.4 Å². The molecule has 4 aromatic carbocycles. The molecule has 8 nitrogen and oxygen atoms in total. The molecular weight excluding hydrogens is 778 g/mol. The van der Waals surface area contributed by atoms with E-state index in [9.17, 15) is 23.1 Å². The first-order valence-corrected chi connectivity index (χ1v) is 20.7. The average Bonchev–Trinajstić information content (AvgIpc) is 3.77. The number of thioether (sulfide) groups is 2. The van der Waals surface area contributed by atoms with Gasteiger partial charge in [0.25, 0.3) is 10.4 Å². The van der Waals surface area contributed by atoms with Crippen LogP contribution in [0.2, 0.25) is 0 Å². The first-order chi connectivity index (χ1) is 25.7. The van der Waals surface area contributed by atoms with Crippen LogP contribution >= 0.6 is 46.2 Å². The van der Waals surface area contributed by atoms with E-state index in [1.54, 1.807) is 55.8 Å². The number of alkyl halides is 3. The number of Topliss-reactive ketones (excluding diaryl/α,β-unsaturated/α-hetero) is 1. The highest BCUT2D eigenvalue weighted by Gasteiger charge is 2.49. The van der Waals surface area contributed by atoms with Crippen LogP contribution in [0, 0.1) is 0 Å². The van der Waals surface area contributed by atoms with Crippen LogP contribution in [0.5, 0.6) is 33.4 Å². The molecular formula is C39H39F3N2O6S4. The van der Waals surface area contributed by atoms with E-state index >= 15 is 0 Å². The van der Waals surface area contributed by atoms with Crippen molar-refractivity contribution in [1.29, 1.82) is 0 Å². The fourth-order valence-corrected chi connectivity index (χ4v) is 8.13. The number of benzene rings is 4. The molecule has 0 fully saturated rings. The van der Waals surface area contributed by atoms with Crippen LogP contribution < -0.4 is 18.9 Å². The molecule has 0 amide bonds. The Morgan fingerprint density at radius 2 is 1.20 bits per heavy atom. The SMILES string of the molecule is COc1cc(CCC(C)(O)C(F)(F)F)ccc1Oc1nc2c(SC)cccc2s1.COc1cc(CCC(C)=O)ccc1Oc1nc2c(SC)cccc2s1. The first-order valence-electron chi connectivity index (χ1n) is 16.6. The molecule has 54 heavy (non-hydrogen) atoms. The van der Waals surface area contributed by atoms with Gasteiger partial charge in [0.2, 0.25) is 0 Å². The summed E-state index contributed by atoms with van der Waals surface area (Å²) in [6, 6.07) is 22.7. The van der Waals surface area contributed by atoms with E-state index in [1.165, 1.54) is 29.8 Å². The molecule has 15 heteroatoms. The normalized spacial score (nSPS) is 12.6. The van der Waals surface area contributed by atoms with Crippen molar-refractivity contribution in [1.82, 2.24) is 9.97 Å². The third-order valence-corrected chi connectivity index (χ3v) is 11.6. The summed E-state index contributed by atoms with van der Waals surface area (Å²) in [5, 5.41) is 10.7. The van der Waals surface area contributed by atoms with E-state index in [4.69, 9.17) is 18.9 Å². The predicted molar refractivity (Wildman–Crippen MR) is 213 cm³/mol. The Kier molecular flexibility index (Phi) is 13.8. The molecule has 0 aliphatic rings. The summed E-state index contributed by atoms with van der Waals surface area (Å²) >= 11 is 6.19. The van der Waals surface area contributed by atoms with Gasteiger partial charge in [0.1, 0.15) is 5.78 Å². The number of ketones is 1. The second-order valence-corrected chi connectivity index (χ2v) is 15.9. The van der Waals surface area contributed by atoms with Crippen molar-refractivity contribution in [3.05, 3.63) is 83.9 Å². The molecule has 0 bridgehead atoms. The molecule has 0 saturated carbocycles. The summed E-state index contributed by atoms with van der Waals surface area (Å²) in [6.45, 7) is 2.38. The van der Waals surface area contributed by atoms with Gasteiger partial charge in [-0.25, -0.2) is 9.97 Å². The molecule has 1 N–H and O–H groups in total. The predicted octanol–water partition coefficient (Wildman–Crippen LogP) is 11.4. The van der Waals surface area contributed by atoms with E-state index in [0.29, 0.717) is 51.8 Å². The summed E-state index contributed by atoms with van der Waals surface area (Å²) in [4.78, 5) is 22.5. The fraction of sp³-hybridized carbons (Fsp3) is 0.308. The van der Waals surface area contributed by atoms with Crippen molar-refractivity contribution in [3.63, 3.8) is 0 Å². The number of hydrogen-bond donors (Lipinski definition) is 1. The zero-order valence-corrected chi connectivity index (χ0v) is 33.7. The molecule has 0 aliphatic carbocycles. The first kappa shape index (κ1) is 41.1. The number of para-hydroxylation sites is 2. The van der Waals surface area contributed by atoms with Crippen LogP contribution in [0.4, 0.5) is 13.2 Å². The highest BCUT2D eigenvalue weighted by atomic mass is 32.2. The number of hydrogen-bond acceptors (Lipinski definition) is 12. The van der Waals surface area contributed by atoms with Crippen molar-refractivity contribution >= 4 is 72.4 Å². The number of thiazole rings is 2. The average molecular weight is 817 g/mol. The van der Waals surface area contributed by atoms with Gasteiger partial charge in [0.15, 0.2) is 28.6 Å². The lowest BCUT2D eigenvalue weighted by molar-refractivity contribution is -0.254. The number of fused-ring (bicyclic) bond motifs is 2. The third-order valence-electron chi connectivity index (χ3n) is 8.29. The monoisotopic (exact) mass is 816 g/mol. The van der Waals surface area contributed by atoms with E-state index in [0.717, 1.165) is 42.7 Å². The van der Waals surface area contributed by atoms with E-state index in [2.05, 4.69) is 16.0 Å². The molecule has 1 unspecified atom stereocenters. The molecule has 6 aromatic rings. The Labute approximate surface area is 328 Å². The Balaban J connectivity index is 0.000000210. The molecule has 0 aliphatic heterocycles. The standard InChI is InChI=1S/C20H20F3NO3S2.C19H19NO3S2/c1-19(25,20(21,22)23)10-9-12-7-8-13(14(11-12)26-2)27-18-24-17-15(28-3)5-4-6-16(17)29-18;1-12(21)7-8-13-9-10-14(15(11-13)22-2)23-19-20-18-16(24-3)5-4-6-17(18)25-19/h4-8,11,25H,9-10H2,1-3H3;4-6,9-11H,7-8H2,1-3H3. The molecule has 1 atom stereocenters. The summed E-state index contributed by atoms with van der Waals surface area (Å²) in [5.74, 6) is 2.25. The van der Waals surface area contributed by atoms with Crippen LogP contribution in [0.1, 0.15) is 37.8 Å². The van der Waals surface area contributed by atoms with Crippen LogP contribution in [0.15, 0.2) is 82.6 Å². The Bertz CT molecular complexity index is 2220. The van der Waals surface area contributed by atoms with Gasteiger partial charge in [-0.15, -0.1) is 23.5 Å². The van der Waals surface area contributed by atoms with Gasteiger partial charge in [0, 0.05) is 16.2 Å². The maximum Gasteiger partial charge on any atom is 0.416 e. The smallest absolute Gasteiger partial charge is 0.416 e. The Morgan fingerprint density at radius 1 is 0.741 bits per heavy atom. The van der Waals surface area contributed by atoms with Crippen molar-refractivity contribution < 1.29 is 42.0 Å². The molecule has 0 spiro atoms. The van der Waals surface area contributed by atoms with Gasteiger partial charge >= 0.3 is 6.18 Å². The van der Waals surface area contributed by atoms with Crippen LogP contribution in [-0.2, 0) is 17.6 Å². The summed E-state index contributed by atoms with van der Waals surface area (Å²) in [7, 11) is 3.07. The van der Waals surface area contributed by atoms with Gasteiger partial charge in [-0.05, 0) is 105 Å². The number of carbonyl (C=O) groups is 1. The van der Waals surface area contributed by atoms with Gasteiger partial charge in [0.05, 0.1) is 34.7 Å². The molecule has 2 heterocycles. The summed E-state index contributed by atoms with van der Waals surface area (Å²) < 4.78 is 63.2. The minimum atomic E-state index is -4.68. The number of aryl methyl sites for hydroxylation is 2. The highest BCUT2D eigenvalue weighted by molar-refractivity contribution is 7.99. The topological polar surface area (TPSA) is 100 Å². The summed E-state index contributed by atoms with van der Waals surface area (Å²) in [5.41, 5.74) is 0.740.